The van der Waals surface area contributed by atoms with E-state index >= 15 is 0 Å². The summed E-state index contributed by atoms with van der Waals surface area (Å²) in [6.07, 6.45) is 1.96. The Hall–Kier alpha value is -2.58. The molecule has 1 amide bonds. The number of nitrogens with two attached hydrogens (primary N) is 1. The van der Waals surface area contributed by atoms with Crippen LogP contribution in [0.15, 0.2) is 47.1 Å². The molecular weight excluding hydrogens is 342 g/mol. The van der Waals surface area contributed by atoms with Crippen LogP contribution in [0.5, 0.6) is 0 Å². The van der Waals surface area contributed by atoms with E-state index < -0.39 is 5.91 Å². The summed E-state index contributed by atoms with van der Waals surface area (Å²) in [6, 6.07) is 11.0. The molecule has 2 N–H and O–H groups in total. The van der Waals surface area contributed by atoms with Crippen LogP contribution in [0.2, 0.25) is 0 Å². The highest BCUT2D eigenvalue weighted by Crippen LogP contribution is 2.34. The van der Waals surface area contributed by atoms with Crippen molar-refractivity contribution in [2.45, 2.75) is 6.92 Å². The molecule has 5 heteroatoms. The summed E-state index contributed by atoms with van der Waals surface area (Å²) in [5.74, 6) is -0.442. The van der Waals surface area contributed by atoms with E-state index in [4.69, 9.17) is 12.3 Å². The number of benzene rings is 2. The molecule has 22 heavy (non-hydrogen) atoms. The Kier molecular flexibility index (Phi) is 3.47. The molecule has 0 saturated carbocycles. The van der Waals surface area contributed by atoms with Gasteiger partial charge in [-0.25, -0.2) is 4.85 Å². The van der Waals surface area contributed by atoms with E-state index in [-0.39, 0.29) is 0 Å². The Morgan fingerprint density at radius 2 is 1.95 bits per heavy atom. The quantitative estimate of drug-likeness (QED) is 0.684. The smallest absolute Gasteiger partial charge is 0.248 e. The van der Waals surface area contributed by atoms with Gasteiger partial charge in [0.05, 0.1) is 12.1 Å². The average molecular weight is 354 g/mol. The lowest BCUT2D eigenvalue weighted by Gasteiger charge is -2.07. The first kappa shape index (κ1) is 14.4. The van der Waals surface area contributed by atoms with Crippen molar-refractivity contribution in [2.24, 2.45) is 5.73 Å². The molecule has 0 bridgehead atoms. The number of primary amides is 1. The van der Waals surface area contributed by atoms with Crippen LogP contribution in [0.25, 0.3) is 21.4 Å². The van der Waals surface area contributed by atoms with Crippen LogP contribution in [0.1, 0.15) is 15.9 Å². The van der Waals surface area contributed by atoms with Gasteiger partial charge in [-0.3, -0.25) is 4.79 Å². The number of aryl methyl sites for hydroxylation is 1. The van der Waals surface area contributed by atoms with E-state index in [1.807, 2.05) is 42.0 Å². The molecular formula is C17H12BrN3O. The summed E-state index contributed by atoms with van der Waals surface area (Å²) in [6.45, 7) is 9.15. The number of nitrogens with zero attached hydrogens (tertiary/aromatic N) is 2. The average Bonchev–Trinajstić information content (AvgIpc) is 2.82. The number of amides is 1. The molecule has 0 atom stereocenters. The van der Waals surface area contributed by atoms with Gasteiger partial charge in [-0.15, -0.1) is 0 Å². The number of halogens is 1. The van der Waals surface area contributed by atoms with Crippen molar-refractivity contribution >= 4 is 38.4 Å². The first-order valence-electron chi connectivity index (χ1n) is 6.60. The van der Waals surface area contributed by atoms with Crippen molar-refractivity contribution < 1.29 is 4.79 Å². The number of hydrogen-bond acceptors (Lipinski definition) is 1. The second-order valence-corrected chi connectivity index (χ2v) is 5.88. The molecule has 0 saturated heterocycles. The molecule has 0 unspecified atom stereocenters. The predicted octanol–water partition coefficient (Wildman–Crippen LogP) is 4.35. The van der Waals surface area contributed by atoms with Crippen molar-refractivity contribution in [3.63, 3.8) is 0 Å². The zero-order valence-corrected chi connectivity index (χ0v) is 13.4. The standard InChI is InChI=1S/C17H12BrN3O/c1-10-7-16-13(8-15(10)20-2)14(18)9-21(16)12-5-3-11(4-6-12)17(19)22/h3-9H,1H3,(H2,19,22). The fourth-order valence-corrected chi connectivity index (χ4v) is 2.97. The molecule has 0 fully saturated rings. The monoisotopic (exact) mass is 353 g/mol. The van der Waals surface area contributed by atoms with Crippen molar-refractivity contribution in [3.05, 3.63) is 69.6 Å². The van der Waals surface area contributed by atoms with E-state index in [0.717, 1.165) is 26.6 Å². The third-order valence-corrected chi connectivity index (χ3v) is 4.26. The lowest BCUT2D eigenvalue weighted by molar-refractivity contribution is 0.100. The lowest BCUT2D eigenvalue weighted by atomic mass is 10.1. The number of rotatable bonds is 2. The highest BCUT2D eigenvalue weighted by Gasteiger charge is 2.11. The summed E-state index contributed by atoms with van der Waals surface area (Å²) in [5.41, 5.74) is 9.26. The normalized spacial score (nSPS) is 10.6. The van der Waals surface area contributed by atoms with Gasteiger partial charge >= 0.3 is 0 Å². The highest BCUT2D eigenvalue weighted by atomic mass is 79.9. The van der Waals surface area contributed by atoms with E-state index in [2.05, 4.69) is 20.8 Å². The van der Waals surface area contributed by atoms with Crippen LogP contribution in [-0.4, -0.2) is 10.5 Å². The Labute approximate surface area is 136 Å². The minimum absolute atomic E-state index is 0.442. The minimum atomic E-state index is -0.442. The van der Waals surface area contributed by atoms with Crippen LogP contribution < -0.4 is 5.73 Å². The fourth-order valence-electron chi connectivity index (χ4n) is 2.44. The molecule has 4 nitrogen and oxygen atoms in total. The van der Waals surface area contributed by atoms with Crippen molar-refractivity contribution in [2.75, 3.05) is 0 Å². The van der Waals surface area contributed by atoms with Gasteiger partial charge in [-0.2, -0.15) is 0 Å². The second kappa shape index (κ2) is 5.32. The lowest BCUT2D eigenvalue weighted by Crippen LogP contribution is -2.10. The molecule has 0 aliphatic heterocycles. The minimum Gasteiger partial charge on any atom is -0.366 e. The van der Waals surface area contributed by atoms with Crippen molar-refractivity contribution in [1.82, 2.24) is 4.57 Å². The van der Waals surface area contributed by atoms with E-state index in [1.54, 1.807) is 12.1 Å². The first-order valence-corrected chi connectivity index (χ1v) is 7.39. The van der Waals surface area contributed by atoms with Gasteiger partial charge in [0, 0.05) is 27.3 Å². The van der Waals surface area contributed by atoms with Crippen molar-refractivity contribution in [3.8, 4) is 5.69 Å². The second-order valence-electron chi connectivity index (χ2n) is 5.03. The third-order valence-electron chi connectivity index (χ3n) is 3.62. The summed E-state index contributed by atoms with van der Waals surface area (Å²) >= 11 is 3.54. The molecule has 1 heterocycles. The number of carbonyl (C=O) groups excluding carboxylic acids is 1. The van der Waals surface area contributed by atoms with Crippen LogP contribution in [0.3, 0.4) is 0 Å². The third kappa shape index (κ3) is 2.28. The number of aromatic nitrogens is 1. The topological polar surface area (TPSA) is 52.4 Å². The molecule has 1 aromatic heterocycles. The molecule has 3 rings (SSSR count). The Bertz CT molecular complexity index is 933. The summed E-state index contributed by atoms with van der Waals surface area (Å²) in [7, 11) is 0. The van der Waals surface area contributed by atoms with Gasteiger partial charge in [0.2, 0.25) is 5.91 Å². The zero-order valence-electron chi connectivity index (χ0n) is 11.8. The SMILES string of the molecule is [C-]#[N+]c1cc2c(Br)cn(-c3ccc(C(N)=O)cc3)c2cc1C. The Balaban J connectivity index is 2.21. The summed E-state index contributed by atoms with van der Waals surface area (Å²) in [5, 5.41) is 0.982. The fraction of sp³-hybridized carbons (Fsp3) is 0.0588. The summed E-state index contributed by atoms with van der Waals surface area (Å²) in [4.78, 5) is 14.7. The first-order chi connectivity index (χ1) is 10.5. The largest absolute Gasteiger partial charge is 0.366 e. The maximum absolute atomic E-state index is 11.2. The Morgan fingerprint density at radius 3 is 2.55 bits per heavy atom. The van der Waals surface area contributed by atoms with Gasteiger partial charge in [0.15, 0.2) is 5.69 Å². The number of fused-ring (bicyclic) bond motifs is 1. The van der Waals surface area contributed by atoms with Crippen LogP contribution in [0.4, 0.5) is 5.69 Å². The van der Waals surface area contributed by atoms with E-state index in [9.17, 15) is 4.79 Å². The van der Waals surface area contributed by atoms with Gasteiger partial charge < -0.3 is 10.3 Å². The number of hydrogen-bond donors (Lipinski definition) is 1. The number of carbonyl (C=O) groups is 1. The molecule has 0 spiro atoms. The predicted molar refractivity (Wildman–Crippen MR) is 90.5 cm³/mol. The van der Waals surface area contributed by atoms with Gasteiger partial charge in [-0.1, -0.05) is 0 Å². The molecule has 0 aliphatic carbocycles. The molecule has 2 aromatic carbocycles. The van der Waals surface area contributed by atoms with Gasteiger partial charge in [0.25, 0.3) is 0 Å². The van der Waals surface area contributed by atoms with Crippen LogP contribution >= 0.6 is 15.9 Å². The van der Waals surface area contributed by atoms with Crippen molar-refractivity contribution in [1.29, 1.82) is 0 Å². The van der Waals surface area contributed by atoms with E-state index in [1.165, 1.54) is 0 Å². The molecule has 3 aromatic rings. The maximum atomic E-state index is 11.2. The molecule has 0 radical (unpaired) electrons. The zero-order chi connectivity index (χ0) is 15.9. The van der Waals surface area contributed by atoms with Gasteiger partial charge in [0.1, 0.15) is 0 Å². The van der Waals surface area contributed by atoms with Gasteiger partial charge in [-0.05, 0) is 64.8 Å². The molecule has 0 aliphatic rings. The van der Waals surface area contributed by atoms with Crippen LogP contribution in [-0.2, 0) is 0 Å². The van der Waals surface area contributed by atoms with E-state index in [0.29, 0.717) is 11.3 Å². The molecule has 108 valence electrons. The van der Waals surface area contributed by atoms with Crippen LogP contribution in [0, 0.1) is 13.5 Å². The Morgan fingerprint density at radius 1 is 1.27 bits per heavy atom. The summed E-state index contributed by atoms with van der Waals surface area (Å²) < 4.78 is 2.94. The highest BCUT2D eigenvalue weighted by molar-refractivity contribution is 9.10. The maximum Gasteiger partial charge on any atom is 0.248 e.